The van der Waals surface area contributed by atoms with Gasteiger partial charge >= 0.3 is 5.97 Å². The number of hydrogen-bond acceptors (Lipinski definition) is 6. The van der Waals surface area contributed by atoms with Crippen LogP contribution < -0.4 is 4.72 Å². The number of imidazole rings is 1. The number of carbonyl (C=O) groups is 1. The van der Waals surface area contributed by atoms with Gasteiger partial charge in [-0.2, -0.15) is 0 Å². The van der Waals surface area contributed by atoms with Crippen molar-refractivity contribution in [2.75, 3.05) is 11.3 Å². The number of ether oxygens (including phenoxy) is 1. The van der Waals surface area contributed by atoms with E-state index in [0.29, 0.717) is 10.8 Å². The molecule has 0 saturated carbocycles. The molecule has 0 bridgehead atoms. The Morgan fingerprint density at radius 2 is 2.04 bits per heavy atom. The average molecular weight is 396 g/mol. The molecule has 0 fully saturated rings. The minimum absolute atomic E-state index is 0.0285. The van der Waals surface area contributed by atoms with Crippen LogP contribution in [0.5, 0.6) is 0 Å². The number of halogens is 1. The number of benzene rings is 1. The number of aromatic nitrogens is 2. The summed E-state index contributed by atoms with van der Waals surface area (Å²) >= 11 is 5.78. The Balaban J connectivity index is 2.00. The normalized spacial score (nSPS) is 11.3. The third-order valence-corrected chi connectivity index (χ3v) is 4.90. The fraction of sp³-hybridized carbons (Fsp3) is 0.125. The van der Waals surface area contributed by atoms with Crippen LogP contribution in [0.15, 0.2) is 52.0 Å². The quantitative estimate of drug-likeness (QED) is 0.619. The summed E-state index contributed by atoms with van der Waals surface area (Å²) in [7, 11) is -3.99. The maximum absolute atomic E-state index is 12.6. The lowest BCUT2D eigenvalue weighted by Crippen LogP contribution is -2.16. The first-order valence-electron chi connectivity index (χ1n) is 7.50. The van der Waals surface area contributed by atoms with Gasteiger partial charge in [0.05, 0.1) is 17.8 Å². The van der Waals surface area contributed by atoms with Crippen molar-refractivity contribution in [2.24, 2.45) is 0 Å². The zero-order chi connectivity index (χ0) is 18.7. The first kappa shape index (κ1) is 18.0. The number of anilines is 1. The van der Waals surface area contributed by atoms with E-state index >= 15 is 0 Å². The van der Waals surface area contributed by atoms with Crippen LogP contribution in [0.1, 0.15) is 17.4 Å². The second-order valence-corrected chi connectivity index (χ2v) is 7.19. The molecule has 1 aromatic carbocycles. The summed E-state index contributed by atoms with van der Waals surface area (Å²) in [5, 5.41) is 0.399. The summed E-state index contributed by atoms with van der Waals surface area (Å²) in [4.78, 5) is 19.0. The molecule has 0 aliphatic rings. The molecule has 0 unspecified atom stereocenters. The standard InChI is InChI=1S/C16H14ClN3O5S/c1-2-24-16(21)13-15(19-14(18-13)12-4-3-9-25-12)20-26(22,23)11-7-5-10(17)6-8-11/h3-9,20H,2H2,1H3,(H,18,19). The Bertz CT molecular complexity index is 1010. The molecule has 0 radical (unpaired) electrons. The lowest BCUT2D eigenvalue weighted by Gasteiger charge is -2.07. The number of hydrogen-bond donors (Lipinski definition) is 2. The van der Waals surface area contributed by atoms with E-state index in [1.54, 1.807) is 19.1 Å². The zero-order valence-corrected chi connectivity index (χ0v) is 15.1. The Kier molecular flexibility index (Phi) is 5.01. The van der Waals surface area contributed by atoms with Crippen molar-refractivity contribution in [3.05, 3.63) is 53.4 Å². The van der Waals surface area contributed by atoms with Crippen molar-refractivity contribution in [3.8, 4) is 11.6 Å². The van der Waals surface area contributed by atoms with E-state index in [1.165, 1.54) is 30.5 Å². The van der Waals surface area contributed by atoms with Crippen LogP contribution in [0, 0.1) is 0 Å². The highest BCUT2D eigenvalue weighted by molar-refractivity contribution is 7.92. The van der Waals surface area contributed by atoms with Crippen molar-refractivity contribution < 1.29 is 22.4 Å². The second kappa shape index (κ2) is 7.22. The lowest BCUT2D eigenvalue weighted by molar-refractivity contribution is 0.0521. The third-order valence-electron chi connectivity index (χ3n) is 3.29. The molecule has 0 aliphatic carbocycles. The SMILES string of the molecule is CCOC(=O)c1[nH]c(-c2ccco2)nc1NS(=O)(=O)c1ccc(Cl)cc1. The van der Waals surface area contributed by atoms with Gasteiger partial charge in [-0.05, 0) is 43.3 Å². The van der Waals surface area contributed by atoms with Gasteiger partial charge in [0.1, 0.15) is 0 Å². The van der Waals surface area contributed by atoms with Gasteiger partial charge in [0.15, 0.2) is 23.1 Å². The highest BCUT2D eigenvalue weighted by Gasteiger charge is 2.25. The summed E-state index contributed by atoms with van der Waals surface area (Å²) in [6.45, 7) is 1.76. The van der Waals surface area contributed by atoms with Gasteiger partial charge in [-0.3, -0.25) is 4.72 Å². The zero-order valence-electron chi connectivity index (χ0n) is 13.5. The number of nitrogens with zero attached hydrogens (tertiary/aromatic N) is 1. The number of furan rings is 1. The fourth-order valence-corrected chi connectivity index (χ4v) is 3.27. The fourth-order valence-electron chi connectivity index (χ4n) is 2.13. The summed E-state index contributed by atoms with van der Waals surface area (Å²) in [6, 6.07) is 8.83. The van der Waals surface area contributed by atoms with Crippen molar-refractivity contribution >= 4 is 33.4 Å². The molecule has 136 valence electrons. The molecule has 3 rings (SSSR count). The molecular weight excluding hydrogens is 382 g/mol. The van der Waals surface area contributed by atoms with Gasteiger partial charge in [-0.15, -0.1) is 0 Å². The minimum Gasteiger partial charge on any atom is -0.461 e. The van der Waals surface area contributed by atoms with E-state index in [1.807, 2.05) is 0 Å². The van der Waals surface area contributed by atoms with Crippen LogP contribution in [-0.4, -0.2) is 31.0 Å². The van der Waals surface area contributed by atoms with Crippen LogP contribution in [0.25, 0.3) is 11.6 Å². The van der Waals surface area contributed by atoms with Gasteiger partial charge in [-0.1, -0.05) is 11.6 Å². The maximum atomic E-state index is 12.6. The molecule has 10 heteroatoms. The smallest absolute Gasteiger partial charge is 0.358 e. The first-order chi connectivity index (χ1) is 12.4. The van der Waals surface area contributed by atoms with E-state index in [9.17, 15) is 13.2 Å². The van der Waals surface area contributed by atoms with Crippen molar-refractivity contribution in [1.29, 1.82) is 0 Å². The Hall–Kier alpha value is -2.78. The molecule has 0 amide bonds. The van der Waals surface area contributed by atoms with E-state index in [4.69, 9.17) is 20.8 Å². The summed E-state index contributed by atoms with van der Waals surface area (Å²) in [5.74, 6) is -0.407. The van der Waals surface area contributed by atoms with Gasteiger partial charge in [-0.25, -0.2) is 18.2 Å². The van der Waals surface area contributed by atoms with Gasteiger partial charge < -0.3 is 14.1 Å². The topological polar surface area (TPSA) is 114 Å². The van der Waals surface area contributed by atoms with Crippen LogP contribution in [0.2, 0.25) is 5.02 Å². The summed E-state index contributed by atoms with van der Waals surface area (Å²) in [6.07, 6.45) is 1.43. The highest BCUT2D eigenvalue weighted by Crippen LogP contribution is 2.25. The molecule has 0 atom stereocenters. The monoisotopic (exact) mass is 395 g/mol. The summed E-state index contributed by atoms with van der Waals surface area (Å²) < 4.78 is 37.6. The molecular formula is C16H14ClN3O5S. The minimum atomic E-state index is -3.99. The number of aromatic amines is 1. The van der Waals surface area contributed by atoms with E-state index < -0.39 is 16.0 Å². The predicted octanol–water partition coefficient (Wildman–Crippen LogP) is 3.30. The van der Waals surface area contributed by atoms with Crippen molar-refractivity contribution in [1.82, 2.24) is 9.97 Å². The Morgan fingerprint density at radius 3 is 2.65 bits per heavy atom. The van der Waals surface area contributed by atoms with Crippen LogP contribution in [-0.2, 0) is 14.8 Å². The van der Waals surface area contributed by atoms with Gasteiger partial charge in [0, 0.05) is 5.02 Å². The largest absolute Gasteiger partial charge is 0.461 e. The maximum Gasteiger partial charge on any atom is 0.358 e. The molecule has 2 N–H and O–H groups in total. The molecule has 2 heterocycles. The highest BCUT2D eigenvalue weighted by atomic mass is 35.5. The molecule has 26 heavy (non-hydrogen) atoms. The van der Waals surface area contributed by atoms with Gasteiger partial charge in [0.25, 0.3) is 10.0 Å². The lowest BCUT2D eigenvalue weighted by atomic mass is 10.4. The van der Waals surface area contributed by atoms with Crippen LogP contribution in [0.4, 0.5) is 5.82 Å². The Labute approximate surface area is 154 Å². The van der Waals surface area contributed by atoms with E-state index in [2.05, 4.69) is 14.7 Å². The average Bonchev–Trinajstić information content (AvgIpc) is 3.24. The second-order valence-electron chi connectivity index (χ2n) is 5.07. The number of H-pyrrole nitrogens is 1. The number of nitrogens with one attached hydrogen (secondary N) is 2. The first-order valence-corrected chi connectivity index (χ1v) is 9.36. The Morgan fingerprint density at radius 1 is 1.31 bits per heavy atom. The third kappa shape index (κ3) is 3.73. The number of rotatable bonds is 6. The summed E-state index contributed by atoms with van der Waals surface area (Å²) in [5.41, 5.74) is -0.129. The number of esters is 1. The predicted molar refractivity (Wildman–Crippen MR) is 94.5 cm³/mol. The molecule has 8 nitrogen and oxygen atoms in total. The van der Waals surface area contributed by atoms with E-state index in [-0.39, 0.29) is 28.8 Å². The van der Waals surface area contributed by atoms with Crippen LogP contribution >= 0.6 is 11.6 Å². The van der Waals surface area contributed by atoms with Gasteiger partial charge in [0.2, 0.25) is 0 Å². The molecule has 2 aromatic heterocycles. The van der Waals surface area contributed by atoms with Crippen LogP contribution in [0.3, 0.4) is 0 Å². The molecule has 0 aliphatic heterocycles. The number of carbonyl (C=O) groups excluding carboxylic acids is 1. The molecule has 0 spiro atoms. The molecule has 0 saturated heterocycles. The number of sulfonamides is 1. The van der Waals surface area contributed by atoms with E-state index in [0.717, 1.165) is 0 Å². The van der Waals surface area contributed by atoms with Crippen molar-refractivity contribution in [3.63, 3.8) is 0 Å². The van der Waals surface area contributed by atoms with Crippen molar-refractivity contribution in [2.45, 2.75) is 11.8 Å². The molecule has 3 aromatic rings.